The summed E-state index contributed by atoms with van der Waals surface area (Å²) in [7, 11) is 0. The fourth-order valence-electron chi connectivity index (χ4n) is 2.20. The lowest BCUT2D eigenvalue weighted by molar-refractivity contribution is 0.0970. The second-order valence-electron chi connectivity index (χ2n) is 5.60. The third-order valence-electron chi connectivity index (χ3n) is 3.92. The van der Waals surface area contributed by atoms with Gasteiger partial charge in [-0.1, -0.05) is 45.1 Å². The molecule has 0 N–H and O–H groups in total. The molecular formula is C18H28O3. The lowest BCUT2D eigenvalue weighted by Crippen LogP contribution is -2.12. The zero-order valence-electron chi connectivity index (χ0n) is 13.8. The summed E-state index contributed by atoms with van der Waals surface area (Å²) >= 11 is 0. The van der Waals surface area contributed by atoms with E-state index in [1.807, 2.05) is 32.9 Å². The number of rotatable bonds is 8. The van der Waals surface area contributed by atoms with Gasteiger partial charge < -0.3 is 9.47 Å². The fraction of sp³-hybridized carbons (Fsp3) is 0.611. The number of ether oxygens (including phenoxy) is 2. The topological polar surface area (TPSA) is 35.5 Å². The molecule has 0 aliphatic heterocycles. The number of unbranched alkanes of at least 4 members (excludes halogenated alkanes) is 5. The fourth-order valence-corrected chi connectivity index (χ4v) is 2.20. The van der Waals surface area contributed by atoms with E-state index in [1.54, 1.807) is 0 Å². The number of hydrogen-bond acceptors (Lipinski definition) is 3. The average Bonchev–Trinajstić information content (AvgIpc) is 2.47. The largest absolute Gasteiger partial charge is 0.513 e. The second kappa shape index (κ2) is 9.43. The van der Waals surface area contributed by atoms with Crippen molar-refractivity contribution in [1.29, 1.82) is 0 Å². The van der Waals surface area contributed by atoms with E-state index in [2.05, 4.69) is 6.92 Å². The van der Waals surface area contributed by atoms with E-state index in [-0.39, 0.29) is 0 Å². The maximum Gasteiger partial charge on any atom is 0.513 e. The van der Waals surface area contributed by atoms with Gasteiger partial charge in [0.15, 0.2) is 0 Å². The molecule has 0 saturated heterocycles. The molecule has 0 saturated carbocycles. The standard InChI is InChI=1S/C18H28O3/c1-5-6-7-8-9-10-13-20-18(19)21-17-12-11-14(2)15(3)16(17)4/h11-12H,5-10,13H2,1-4H3. The van der Waals surface area contributed by atoms with Crippen LogP contribution in [0.3, 0.4) is 0 Å². The highest BCUT2D eigenvalue weighted by Crippen LogP contribution is 2.24. The average molecular weight is 292 g/mol. The van der Waals surface area contributed by atoms with Gasteiger partial charge in [0, 0.05) is 0 Å². The van der Waals surface area contributed by atoms with Gasteiger partial charge in [0.05, 0.1) is 6.61 Å². The Labute approximate surface area is 128 Å². The highest BCUT2D eigenvalue weighted by atomic mass is 16.7. The van der Waals surface area contributed by atoms with Crippen LogP contribution in [0.15, 0.2) is 12.1 Å². The summed E-state index contributed by atoms with van der Waals surface area (Å²) in [4.78, 5) is 11.7. The molecule has 0 unspecified atom stereocenters. The second-order valence-corrected chi connectivity index (χ2v) is 5.60. The molecule has 0 aliphatic rings. The molecule has 0 heterocycles. The van der Waals surface area contributed by atoms with E-state index >= 15 is 0 Å². The molecule has 0 atom stereocenters. The van der Waals surface area contributed by atoms with Crippen molar-refractivity contribution in [2.45, 2.75) is 66.2 Å². The quantitative estimate of drug-likeness (QED) is 0.361. The van der Waals surface area contributed by atoms with E-state index in [4.69, 9.17) is 9.47 Å². The van der Waals surface area contributed by atoms with Crippen molar-refractivity contribution < 1.29 is 14.3 Å². The zero-order chi connectivity index (χ0) is 15.7. The Morgan fingerprint density at radius 1 is 0.952 bits per heavy atom. The minimum absolute atomic E-state index is 0.439. The van der Waals surface area contributed by atoms with Gasteiger partial charge in [-0.3, -0.25) is 0 Å². The summed E-state index contributed by atoms with van der Waals surface area (Å²) in [5, 5.41) is 0. The molecule has 0 bridgehead atoms. The summed E-state index contributed by atoms with van der Waals surface area (Å²) in [6.07, 6.45) is 6.42. The molecule has 0 aliphatic carbocycles. The van der Waals surface area contributed by atoms with E-state index in [0.29, 0.717) is 12.4 Å². The van der Waals surface area contributed by atoms with Crippen LogP contribution in [0.1, 0.15) is 62.1 Å². The van der Waals surface area contributed by atoms with Crippen molar-refractivity contribution >= 4 is 6.16 Å². The van der Waals surface area contributed by atoms with Crippen LogP contribution in [0.2, 0.25) is 0 Å². The summed E-state index contributed by atoms with van der Waals surface area (Å²) < 4.78 is 10.4. The molecule has 1 aromatic carbocycles. The Hall–Kier alpha value is -1.51. The molecule has 0 amide bonds. The predicted octanol–water partition coefficient (Wildman–Crippen LogP) is 5.49. The Bertz CT molecular complexity index is 452. The Morgan fingerprint density at radius 3 is 2.33 bits per heavy atom. The monoisotopic (exact) mass is 292 g/mol. The number of carbonyl (C=O) groups excluding carboxylic acids is 1. The third kappa shape index (κ3) is 6.19. The van der Waals surface area contributed by atoms with Crippen molar-refractivity contribution in [2.75, 3.05) is 6.61 Å². The van der Waals surface area contributed by atoms with Crippen LogP contribution in [0.5, 0.6) is 5.75 Å². The van der Waals surface area contributed by atoms with E-state index in [9.17, 15) is 4.79 Å². The summed E-state index contributed by atoms with van der Waals surface area (Å²) in [5.74, 6) is 0.589. The zero-order valence-corrected chi connectivity index (χ0v) is 13.8. The van der Waals surface area contributed by atoms with Crippen molar-refractivity contribution in [3.63, 3.8) is 0 Å². The van der Waals surface area contributed by atoms with Crippen LogP contribution < -0.4 is 4.74 Å². The predicted molar refractivity (Wildman–Crippen MR) is 86.0 cm³/mol. The van der Waals surface area contributed by atoms with Crippen molar-refractivity contribution in [3.8, 4) is 5.75 Å². The van der Waals surface area contributed by atoms with Gasteiger partial charge in [0.2, 0.25) is 0 Å². The van der Waals surface area contributed by atoms with Crippen LogP contribution >= 0.6 is 0 Å². The molecular weight excluding hydrogens is 264 g/mol. The van der Waals surface area contributed by atoms with Crippen LogP contribution in [0.25, 0.3) is 0 Å². The van der Waals surface area contributed by atoms with E-state index in [0.717, 1.165) is 24.0 Å². The summed E-state index contributed by atoms with van der Waals surface area (Å²) in [6, 6.07) is 3.78. The number of aryl methyl sites for hydroxylation is 1. The van der Waals surface area contributed by atoms with Gasteiger partial charge in [-0.2, -0.15) is 0 Å². The molecule has 118 valence electrons. The first-order chi connectivity index (χ1) is 10.1. The SMILES string of the molecule is CCCCCCCCOC(=O)Oc1ccc(C)c(C)c1C. The lowest BCUT2D eigenvalue weighted by atomic mass is 10.0. The maximum absolute atomic E-state index is 11.7. The molecule has 1 rings (SSSR count). The first-order valence-corrected chi connectivity index (χ1v) is 7.97. The van der Waals surface area contributed by atoms with Crippen molar-refractivity contribution in [3.05, 3.63) is 28.8 Å². The maximum atomic E-state index is 11.7. The van der Waals surface area contributed by atoms with Crippen LogP contribution in [-0.4, -0.2) is 12.8 Å². The first-order valence-electron chi connectivity index (χ1n) is 7.97. The smallest absolute Gasteiger partial charge is 0.434 e. The Kier molecular flexibility index (Phi) is 7.88. The molecule has 21 heavy (non-hydrogen) atoms. The third-order valence-corrected chi connectivity index (χ3v) is 3.92. The van der Waals surface area contributed by atoms with Crippen molar-refractivity contribution in [1.82, 2.24) is 0 Å². The first kappa shape index (κ1) is 17.5. The van der Waals surface area contributed by atoms with Gasteiger partial charge in [0.25, 0.3) is 0 Å². The molecule has 1 aromatic rings. The molecule has 0 radical (unpaired) electrons. The minimum Gasteiger partial charge on any atom is -0.434 e. The normalized spacial score (nSPS) is 10.5. The Morgan fingerprint density at radius 2 is 1.62 bits per heavy atom. The van der Waals surface area contributed by atoms with Gasteiger partial charge in [-0.15, -0.1) is 0 Å². The molecule has 0 fully saturated rings. The van der Waals surface area contributed by atoms with Gasteiger partial charge in [-0.05, 0) is 49.9 Å². The summed E-state index contributed by atoms with van der Waals surface area (Å²) in [6.45, 7) is 8.67. The van der Waals surface area contributed by atoms with Crippen LogP contribution in [0.4, 0.5) is 4.79 Å². The molecule has 0 spiro atoms. The number of carbonyl (C=O) groups is 1. The van der Waals surface area contributed by atoms with Gasteiger partial charge in [0.1, 0.15) is 5.75 Å². The molecule has 3 heteroatoms. The lowest BCUT2D eigenvalue weighted by Gasteiger charge is -2.11. The van der Waals surface area contributed by atoms with E-state index < -0.39 is 6.16 Å². The highest BCUT2D eigenvalue weighted by molar-refractivity contribution is 5.65. The van der Waals surface area contributed by atoms with Crippen LogP contribution in [0, 0.1) is 20.8 Å². The highest BCUT2D eigenvalue weighted by Gasteiger charge is 2.10. The van der Waals surface area contributed by atoms with E-state index in [1.165, 1.54) is 31.2 Å². The van der Waals surface area contributed by atoms with Gasteiger partial charge >= 0.3 is 6.16 Å². The van der Waals surface area contributed by atoms with Crippen molar-refractivity contribution in [2.24, 2.45) is 0 Å². The number of benzene rings is 1. The van der Waals surface area contributed by atoms with Crippen LogP contribution in [-0.2, 0) is 4.74 Å². The summed E-state index contributed by atoms with van der Waals surface area (Å²) in [5.41, 5.74) is 3.34. The molecule has 0 aromatic heterocycles. The Balaban J connectivity index is 2.27. The van der Waals surface area contributed by atoms with Gasteiger partial charge in [-0.25, -0.2) is 4.79 Å². The molecule has 3 nitrogen and oxygen atoms in total. The number of hydrogen-bond donors (Lipinski definition) is 0. The minimum atomic E-state index is -0.602.